The van der Waals surface area contributed by atoms with Crippen LogP contribution in [-0.4, -0.2) is 16.9 Å². The second-order valence-electron chi connectivity index (χ2n) is 6.48. The van der Waals surface area contributed by atoms with Gasteiger partial charge in [-0.25, -0.2) is 8.78 Å². The number of aryl methyl sites for hydroxylation is 1. The molecule has 1 saturated carbocycles. The molecule has 0 spiro atoms. The van der Waals surface area contributed by atoms with Crippen molar-refractivity contribution < 1.29 is 13.6 Å². The van der Waals surface area contributed by atoms with Crippen LogP contribution in [0.15, 0.2) is 6.07 Å². The molecule has 2 N–H and O–H groups in total. The summed E-state index contributed by atoms with van der Waals surface area (Å²) in [6, 6.07) is 1.04. The van der Waals surface area contributed by atoms with Crippen molar-refractivity contribution in [2.75, 3.05) is 0 Å². The van der Waals surface area contributed by atoms with Crippen LogP contribution in [0, 0.1) is 30.4 Å². The van der Waals surface area contributed by atoms with Crippen molar-refractivity contribution in [3.05, 3.63) is 34.0 Å². The Hall–Kier alpha value is -2.06. The normalized spacial score (nSPS) is 20.2. The molecule has 0 unspecified atom stereocenters. The lowest BCUT2D eigenvalue weighted by Gasteiger charge is -2.30. The zero-order valence-corrected chi connectivity index (χ0v) is 14.9. The number of aromatic nitrogens is 1. The smallest absolute Gasteiger partial charge is 0.296 e. The highest BCUT2D eigenvalue weighted by molar-refractivity contribution is 6.36. The second kappa shape index (κ2) is 7.05. The fraction of sp³-hybridized carbons (Fsp3) is 0.421. The molecule has 0 bridgehead atoms. The van der Waals surface area contributed by atoms with E-state index in [4.69, 9.17) is 11.6 Å². The third kappa shape index (κ3) is 3.36. The molecule has 3 nitrogen and oxygen atoms in total. The lowest BCUT2D eigenvalue weighted by molar-refractivity contribution is -0.116. The van der Waals surface area contributed by atoms with Crippen molar-refractivity contribution in [1.29, 1.82) is 0 Å². The monoisotopic (exact) mass is 364 g/mol. The number of amides is 1. The highest BCUT2D eigenvalue weighted by Gasteiger charge is 2.30. The van der Waals surface area contributed by atoms with Crippen molar-refractivity contribution >= 4 is 28.4 Å². The predicted molar refractivity (Wildman–Crippen MR) is 94.6 cm³/mol. The Morgan fingerprint density at radius 1 is 1.40 bits per heavy atom. The molecule has 0 aliphatic heterocycles. The van der Waals surface area contributed by atoms with Gasteiger partial charge in [0.1, 0.15) is 0 Å². The van der Waals surface area contributed by atoms with Crippen LogP contribution in [0.2, 0.25) is 5.02 Å². The number of rotatable bonds is 2. The van der Waals surface area contributed by atoms with Gasteiger partial charge in [-0.3, -0.25) is 4.79 Å². The molecule has 0 radical (unpaired) electrons. The third-order valence-corrected chi connectivity index (χ3v) is 5.26. The van der Waals surface area contributed by atoms with Gasteiger partial charge in [-0.2, -0.15) is 0 Å². The maximum atomic E-state index is 14.7. The van der Waals surface area contributed by atoms with Crippen LogP contribution in [0.25, 0.3) is 10.9 Å². The van der Waals surface area contributed by atoms with E-state index in [0.717, 1.165) is 25.3 Å². The molecule has 2 atom stereocenters. The number of carbonyl (C=O) groups is 1. The van der Waals surface area contributed by atoms with E-state index in [1.54, 1.807) is 13.8 Å². The summed E-state index contributed by atoms with van der Waals surface area (Å²) in [7, 11) is 0. The first kappa shape index (κ1) is 17.8. The van der Waals surface area contributed by atoms with Crippen LogP contribution >= 0.6 is 11.6 Å². The minimum absolute atomic E-state index is 0.108. The summed E-state index contributed by atoms with van der Waals surface area (Å²) >= 11 is 6.34. The first-order chi connectivity index (χ1) is 11.9. The molecular formula is C19H19ClF2N2O. The molecule has 1 aliphatic carbocycles. The molecule has 1 heterocycles. The average Bonchev–Trinajstić information content (AvgIpc) is 2.83. The number of benzene rings is 1. The molecule has 1 aromatic carbocycles. The Morgan fingerprint density at radius 2 is 2.16 bits per heavy atom. The van der Waals surface area contributed by atoms with Crippen molar-refractivity contribution in [3.63, 3.8) is 0 Å². The number of fused-ring (bicyclic) bond motifs is 1. The number of nitrogens with one attached hydrogen (secondary N) is 2. The van der Waals surface area contributed by atoms with E-state index in [1.807, 2.05) is 0 Å². The molecule has 3 rings (SSSR count). The third-order valence-electron chi connectivity index (χ3n) is 4.78. The summed E-state index contributed by atoms with van der Waals surface area (Å²) < 4.78 is 28.7. The minimum atomic E-state index is -0.886. The summed E-state index contributed by atoms with van der Waals surface area (Å²) in [5.74, 6) is 2.73. The van der Waals surface area contributed by atoms with Gasteiger partial charge in [-0.05, 0) is 44.9 Å². The standard InChI is InChI=1S/C19H19ClF2N2O/c1-3-5-15(25)24-12-7-4-6-11(8-12)16-17-14(9-13(21)19(16)22)23-10(2)18(17)20/h9,11-12,23H,4,6-8H2,1-2H3,(H,24,25)/t11-,12-/m0/s1. The molecular weight excluding hydrogens is 346 g/mol. The largest absolute Gasteiger partial charge is 0.357 e. The topological polar surface area (TPSA) is 44.9 Å². The Bertz CT molecular complexity index is 894. The van der Waals surface area contributed by atoms with E-state index in [1.165, 1.54) is 0 Å². The lowest BCUT2D eigenvalue weighted by atomic mass is 9.80. The van der Waals surface area contributed by atoms with E-state index >= 15 is 0 Å². The van der Waals surface area contributed by atoms with Gasteiger partial charge in [0.05, 0.1) is 10.5 Å². The maximum Gasteiger partial charge on any atom is 0.296 e. The highest BCUT2D eigenvalue weighted by atomic mass is 35.5. The molecule has 0 saturated heterocycles. The Kier molecular flexibility index (Phi) is 5.01. The van der Waals surface area contributed by atoms with Crippen LogP contribution in [-0.2, 0) is 4.79 Å². The summed E-state index contributed by atoms with van der Waals surface area (Å²) in [4.78, 5) is 14.7. The van der Waals surface area contributed by atoms with Gasteiger partial charge in [-0.15, -0.1) is 0 Å². The number of H-pyrrole nitrogens is 1. The van der Waals surface area contributed by atoms with Crippen LogP contribution in [0.3, 0.4) is 0 Å². The SMILES string of the molecule is CC#CC(=O)N[C@H]1CCC[C@H](c2c(F)c(F)cc3[nH]c(C)c(Cl)c23)C1. The van der Waals surface area contributed by atoms with Crippen LogP contribution < -0.4 is 5.32 Å². The summed E-state index contributed by atoms with van der Waals surface area (Å²) in [6.45, 7) is 3.37. The molecule has 1 aliphatic rings. The zero-order chi connectivity index (χ0) is 18.1. The van der Waals surface area contributed by atoms with Crippen LogP contribution in [0.5, 0.6) is 0 Å². The van der Waals surface area contributed by atoms with Gasteiger partial charge in [0.2, 0.25) is 0 Å². The van der Waals surface area contributed by atoms with Gasteiger partial charge in [0.25, 0.3) is 5.91 Å². The van der Waals surface area contributed by atoms with Crippen LogP contribution in [0.4, 0.5) is 8.78 Å². The van der Waals surface area contributed by atoms with Gasteiger partial charge >= 0.3 is 0 Å². The van der Waals surface area contributed by atoms with Crippen molar-refractivity contribution in [2.45, 2.75) is 51.5 Å². The average molecular weight is 365 g/mol. The van der Waals surface area contributed by atoms with E-state index in [9.17, 15) is 13.6 Å². The molecule has 1 aromatic heterocycles. The zero-order valence-electron chi connectivity index (χ0n) is 14.1. The number of halogens is 3. The fourth-order valence-corrected chi connectivity index (χ4v) is 3.98. The van der Waals surface area contributed by atoms with Crippen molar-refractivity contribution in [2.24, 2.45) is 0 Å². The number of hydrogen-bond donors (Lipinski definition) is 2. The molecule has 1 amide bonds. The van der Waals surface area contributed by atoms with Crippen LogP contribution in [0.1, 0.15) is 49.8 Å². The predicted octanol–water partition coefficient (Wildman–Crippen LogP) is 4.57. The first-order valence-corrected chi connectivity index (χ1v) is 8.69. The van der Waals surface area contributed by atoms with E-state index in [-0.39, 0.29) is 17.9 Å². The van der Waals surface area contributed by atoms with Gasteiger partial charge < -0.3 is 10.3 Å². The lowest BCUT2D eigenvalue weighted by Crippen LogP contribution is -2.37. The van der Waals surface area contributed by atoms with E-state index < -0.39 is 11.6 Å². The first-order valence-electron chi connectivity index (χ1n) is 8.31. The quantitative estimate of drug-likeness (QED) is 0.753. The number of aromatic amines is 1. The number of carbonyl (C=O) groups excluding carboxylic acids is 1. The number of hydrogen-bond acceptors (Lipinski definition) is 1. The summed E-state index contributed by atoms with van der Waals surface area (Å²) in [6.07, 6.45) is 2.87. The Balaban J connectivity index is 1.99. The summed E-state index contributed by atoms with van der Waals surface area (Å²) in [5, 5.41) is 3.82. The van der Waals surface area contributed by atoms with E-state index in [2.05, 4.69) is 22.1 Å². The van der Waals surface area contributed by atoms with Gasteiger partial charge in [-0.1, -0.05) is 23.9 Å². The van der Waals surface area contributed by atoms with Crippen molar-refractivity contribution in [1.82, 2.24) is 10.3 Å². The summed E-state index contributed by atoms with van der Waals surface area (Å²) in [5.41, 5.74) is 1.49. The van der Waals surface area contributed by atoms with E-state index in [0.29, 0.717) is 33.6 Å². The molecule has 132 valence electrons. The Labute approximate surface area is 150 Å². The van der Waals surface area contributed by atoms with Gasteiger partial charge in [0.15, 0.2) is 11.6 Å². The minimum Gasteiger partial charge on any atom is -0.357 e. The fourth-order valence-electron chi connectivity index (χ4n) is 3.73. The highest BCUT2D eigenvalue weighted by Crippen LogP contribution is 2.42. The molecule has 25 heavy (non-hydrogen) atoms. The second-order valence-corrected chi connectivity index (χ2v) is 6.86. The van der Waals surface area contributed by atoms with Gasteiger partial charge in [0, 0.05) is 28.8 Å². The molecule has 6 heteroatoms. The van der Waals surface area contributed by atoms with Crippen molar-refractivity contribution in [3.8, 4) is 11.8 Å². The maximum absolute atomic E-state index is 14.7. The Morgan fingerprint density at radius 3 is 2.88 bits per heavy atom. The molecule has 2 aromatic rings. The molecule has 1 fully saturated rings.